The summed E-state index contributed by atoms with van der Waals surface area (Å²) >= 11 is 1.51. The lowest BCUT2D eigenvalue weighted by molar-refractivity contribution is 0.0964. The van der Waals surface area contributed by atoms with Gasteiger partial charge in [0.2, 0.25) is 5.89 Å². The summed E-state index contributed by atoms with van der Waals surface area (Å²) in [4.78, 5) is 47.1. The number of thiazole rings is 1. The molecule has 0 aromatic carbocycles. The quantitative estimate of drug-likeness (QED) is 0.354. The van der Waals surface area contributed by atoms with E-state index in [1.54, 1.807) is 12.3 Å². The van der Waals surface area contributed by atoms with Gasteiger partial charge in [-0.15, -0.1) is 0 Å². The lowest BCUT2D eigenvalue weighted by Crippen LogP contribution is -2.42. The monoisotopic (exact) mass is 564 g/mol. The first kappa shape index (κ1) is 26.0. The van der Waals surface area contributed by atoms with E-state index in [2.05, 4.69) is 20.2 Å². The highest BCUT2D eigenvalue weighted by Gasteiger charge is 2.27. The second kappa shape index (κ2) is 11.1. The standard InChI is InChI=1S/C26H28N8O5S/c1-15-11-16(4-5-28-15)24-30-19(14-38-24)23(35)29-18-12-20-21(32-26(40-20)33-7-9-37-10-8-33)31-22(18)34-6-2-3-17(13-34)39-25(27)36/h4-5,11-12,14,17H,2-3,6-10,13H2,1H3,(H2,27,36)(H,29,35)/t17-/m0/s1. The second-order valence-electron chi connectivity index (χ2n) is 9.60. The Morgan fingerprint density at radius 2 is 2.00 bits per heavy atom. The molecule has 1 atom stereocenters. The van der Waals surface area contributed by atoms with Crippen LogP contribution in [0, 0.1) is 6.92 Å². The highest BCUT2D eigenvalue weighted by Crippen LogP contribution is 2.36. The van der Waals surface area contributed by atoms with Gasteiger partial charge in [0.15, 0.2) is 22.3 Å². The van der Waals surface area contributed by atoms with E-state index in [-0.39, 0.29) is 11.8 Å². The van der Waals surface area contributed by atoms with Crippen molar-refractivity contribution < 1.29 is 23.5 Å². The van der Waals surface area contributed by atoms with E-state index in [0.717, 1.165) is 40.6 Å². The third-order valence-corrected chi connectivity index (χ3v) is 7.77. The van der Waals surface area contributed by atoms with Crippen molar-refractivity contribution in [3.8, 4) is 11.5 Å². The Morgan fingerprint density at radius 3 is 2.80 bits per heavy atom. The normalized spacial score (nSPS) is 17.7. The Balaban J connectivity index is 1.32. The number of ether oxygens (including phenoxy) is 2. The van der Waals surface area contributed by atoms with Crippen LogP contribution in [0.3, 0.4) is 0 Å². The van der Waals surface area contributed by atoms with Crippen LogP contribution in [0.1, 0.15) is 29.0 Å². The number of pyridine rings is 2. The van der Waals surface area contributed by atoms with Crippen molar-refractivity contribution in [3.63, 3.8) is 0 Å². The number of aryl methyl sites for hydroxylation is 1. The number of anilines is 3. The van der Waals surface area contributed by atoms with Crippen molar-refractivity contribution in [3.05, 3.63) is 42.0 Å². The summed E-state index contributed by atoms with van der Waals surface area (Å²) in [6.45, 7) is 5.71. The Labute approximate surface area is 233 Å². The lowest BCUT2D eigenvalue weighted by atomic mass is 10.1. The molecule has 0 unspecified atom stereocenters. The zero-order valence-electron chi connectivity index (χ0n) is 21.8. The number of carbonyl (C=O) groups excluding carboxylic acids is 2. The number of hydrogen-bond acceptors (Lipinski definition) is 12. The molecule has 3 N–H and O–H groups in total. The molecule has 0 radical (unpaired) electrons. The number of nitrogens with one attached hydrogen (secondary N) is 1. The van der Waals surface area contributed by atoms with Crippen molar-refractivity contribution >= 4 is 50.3 Å². The van der Waals surface area contributed by atoms with E-state index < -0.39 is 12.0 Å². The fourth-order valence-electron chi connectivity index (χ4n) is 4.83. The molecule has 2 aliphatic heterocycles. The minimum atomic E-state index is -0.815. The Bertz CT molecular complexity index is 1550. The molecule has 0 spiro atoms. The van der Waals surface area contributed by atoms with Gasteiger partial charge in [0.1, 0.15) is 12.4 Å². The van der Waals surface area contributed by atoms with E-state index >= 15 is 0 Å². The summed E-state index contributed by atoms with van der Waals surface area (Å²) in [5, 5.41) is 3.82. The fourth-order valence-corrected chi connectivity index (χ4v) is 5.83. The van der Waals surface area contributed by atoms with Crippen LogP contribution >= 0.6 is 11.3 Å². The van der Waals surface area contributed by atoms with Crippen LogP contribution < -0.4 is 20.9 Å². The summed E-state index contributed by atoms with van der Waals surface area (Å²) in [7, 11) is 0. The number of piperidine rings is 1. The molecule has 2 amide bonds. The summed E-state index contributed by atoms with van der Waals surface area (Å²) < 4.78 is 17.2. The van der Waals surface area contributed by atoms with Gasteiger partial charge in [-0.3, -0.25) is 9.78 Å². The maximum absolute atomic E-state index is 13.3. The number of nitrogens with zero attached hydrogens (tertiary/aromatic N) is 6. The number of nitrogens with two attached hydrogens (primary N) is 1. The minimum absolute atomic E-state index is 0.127. The maximum atomic E-state index is 13.3. The van der Waals surface area contributed by atoms with E-state index in [4.69, 9.17) is 29.6 Å². The highest BCUT2D eigenvalue weighted by atomic mass is 32.1. The first-order valence-electron chi connectivity index (χ1n) is 13.0. The number of oxazole rings is 1. The second-order valence-corrected chi connectivity index (χ2v) is 10.6. The third-order valence-electron chi connectivity index (χ3n) is 6.72. The Kier molecular flexibility index (Phi) is 7.17. The predicted molar refractivity (Wildman–Crippen MR) is 149 cm³/mol. The number of rotatable bonds is 6. The molecule has 14 heteroatoms. The van der Waals surface area contributed by atoms with Gasteiger partial charge in [0.25, 0.3) is 5.91 Å². The largest absolute Gasteiger partial charge is 0.445 e. The van der Waals surface area contributed by atoms with Crippen LogP contribution in [-0.2, 0) is 9.47 Å². The molecule has 4 aromatic rings. The van der Waals surface area contributed by atoms with Gasteiger partial charge in [0, 0.05) is 37.1 Å². The summed E-state index contributed by atoms with van der Waals surface area (Å²) in [5.74, 6) is 0.415. The number of aromatic nitrogens is 4. The van der Waals surface area contributed by atoms with Crippen LogP contribution in [0.5, 0.6) is 0 Å². The van der Waals surface area contributed by atoms with Crippen molar-refractivity contribution in [1.29, 1.82) is 0 Å². The predicted octanol–water partition coefficient (Wildman–Crippen LogP) is 3.20. The van der Waals surface area contributed by atoms with Crippen molar-refractivity contribution in [2.45, 2.75) is 25.9 Å². The lowest BCUT2D eigenvalue weighted by Gasteiger charge is -2.33. The van der Waals surface area contributed by atoms with Gasteiger partial charge in [-0.1, -0.05) is 11.3 Å². The van der Waals surface area contributed by atoms with Gasteiger partial charge >= 0.3 is 6.09 Å². The molecule has 2 aliphatic rings. The number of fused-ring (bicyclic) bond motifs is 1. The third kappa shape index (κ3) is 5.53. The molecule has 2 fully saturated rings. The number of morpholine rings is 1. The average Bonchev–Trinajstić information content (AvgIpc) is 3.61. The minimum Gasteiger partial charge on any atom is -0.445 e. The summed E-state index contributed by atoms with van der Waals surface area (Å²) in [6, 6.07) is 5.48. The molecular weight excluding hydrogens is 536 g/mol. The summed E-state index contributed by atoms with van der Waals surface area (Å²) in [5.41, 5.74) is 8.02. The molecule has 0 saturated carbocycles. The molecule has 0 aliphatic carbocycles. The van der Waals surface area contributed by atoms with Gasteiger partial charge in [-0.2, -0.15) is 4.98 Å². The average molecular weight is 565 g/mol. The Hall–Kier alpha value is -4.30. The number of carbonyl (C=O) groups is 2. The van der Waals surface area contributed by atoms with E-state index in [1.807, 2.05) is 24.0 Å². The maximum Gasteiger partial charge on any atom is 0.404 e. The van der Waals surface area contributed by atoms with Crippen LogP contribution in [0.2, 0.25) is 0 Å². The molecule has 4 aromatic heterocycles. The fraction of sp³-hybridized carbons (Fsp3) is 0.385. The number of amides is 2. The zero-order chi connectivity index (χ0) is 27.6. The molecule has 6 heterocycles. The molecule has 2 saturated heterocycles. The van der Waals surface area contributed by atoms with Gasteiger partial charge < -0.3 is 34.7 Å². The topological polar surface area (TPSA) is 162 Å². The van der Waals surface area contributed by atoms with E-state index in [1.165, 1.54) is 17.6 Å². The van der Waals surface area contributed by atoms with Crippen LogP contribution in [-0.4, -0.2) is 77.4 Å². The highest BCUT2D eigenvalue weighted by molar-refractivity contribution is 7.22. The molecule has 0 bridgehead atoms. The zero-order valence-corrected chi connectivity index (χ0v) is 22.6. The summed E-state index contributed by atoms with van der Waals surface area (Å²) in [6.07, 6.45) is 3.25. The molecule has 13 nitrogen and oxygen atoms in total. The smallest absolute Gasteiger partial charge is 0.404 e. The molecule has 208 valence electrons. The first-order chi connectivity index (χ1) is 19.4. The van der Waals surface area contributed by atoms with Gasteiger partial charge in [-0.25, -0.2) is 14.8 Å². The van der Waals surface area contributed by atoms with Crippen LogP contribution in [0.4, 0.5) is 21.4 Å². The van der Waals surface area contributed by atoms with E-state index in [0.29, 0.717) is 55.8 Å². The van der Waals surface area contributed by atoms with Crippen molar-refractivity contribution in [2.24, 2.45) is 5.73 Å². The van der Waals surface area contributed by atoms with E-state index in [9.17, 15) is 9.59 Å². The first-order valence-corrected chi connectivity index (χ1v) is 13.8. The van der Waals surface area contributed by atoms with Crippen LogP contribution in [0.25, 0.3) is 21.8 Å². The van der Waals surface area contributed by atoms with Crippen molar-refractivity contribution in [2.75, 3.05) is 54.5 Å². The SMILES string of the molecule is Cc1cc(-c2nc(C(=O)Nc3cc4sc(N5CCOCC5)nc4nc3N3CCC[C@H](OC(N)=O)C3)co2)ccn1. The molecular formula is C26H28N8O5S. The van der Waals surface area contributed by atoms with Crippen molar-refractivity contribution in [1.82, 2.24) is 19.9 Å². The molecule has 40 heavy (non-hydrogen) atoms. The number of hydrogen-bond donors (Lipinski definition) is 2. The van der Waals surface area contributed by atoms with Gasteiger partial charge in [-0.05, 0) is 38.0 Å². The van der Waals surface area contributed by atoms with Gasteiger partial charge in [0.05, 0.1) is 30.1 Å². The Morgan fingerprint density at radius 1 is 1.15 bits per heavy atom. The molecule has 6 rings (SSSR count). The van der Waals surface area contributed by atoms with Crippen LogP contribution in [0.15, 0.2) is 35.1 Å². The number of primary amides is 1.